The second-order valence-electron chi connectivity index (χ2n) is 4.62. The maximum absolute atomic E-state index is 6.23. The van der Waals surface area contributed by atoms with E-state index in [1.807, 2.05) is 0 Å². The van der Waals surface area contributed by atoms with Gasteiger partial charge in [0.2, 0.25) is 0 Å². The Bertz CT molecular complexity index is 574. The van der Waals surface area contributed by atoms with E-state index < -0.39 is 0 Å². The molecule has 0 bridgehead atoms. The van der Waals surface area contributed by atoms with Gasteiger partial charge in [0.05, 0.1) is 5.52 Å². The molecule has 16 heavy (non-hydrogen) atoms. The number of halogens is 1. The van der Waals surface area contributed by atoms with E-state index in [4.69, 9.17) is 11.6 Å². The van der Waals surface area contributed by atoms with Crippen molar-refractivity contribution in [3.05, 3.63) is 34.2 Å². The molecule has 0 spiro atoms. The molecule has 1 aliphatic carbocycles. The van der Waals surface area contributed by atoms with Gasteiger partial charge < -0.3 is 0 Å². The molecule has 2 nitrogen and oxygen atoms in total. The highest BCUT2D eigenvalue weighted by atomic mass is 35.5. The first-order valence-electron chi connectivity index (χ1n) is 5.59. The first kappa shape index (κ1) is 10.0. The van der Waals surface area contributed by atoms with Gasteiger partial charge >= 0.3 is 0 Å². The summed E-state index contributed by atoms with van der Waals surface area (Å²) in [6.07, 6.45) is 2.40. The third kappa shape index (κ3) is 1.57. The van der Waals surface area contributed by atoms with Gasteiger partial charge in [0, 0.05) is 11.3 Å². The summed E-state index contributed by atoms with van der Waals surface area (Å²) in [6.45, 7) is 4.15. The van der Waals surface area contributed by atoms with Gasteiger partial charge in [-0.3, -0.25) is 0 Å². The van der Waals surface area contributed by atoms with Crippen molar-refractivity contribution in [3.8, 4) is 0 Å². The van der Waals surface area contributed by atoms with Crippen LogP contribution in [-0.2, 0) is 0 Å². The number of hydrogen-bond acceptors (Lipinski definition) is 2. The van der Waals surface area contributed by atoms with Crippen molar-refractivity contribution in [2.24, 2.45) is 0 Å². The Morgan fingerprint density at radius 3 is 2.62 bits per heavy atom. The normalized spacial score (nSPS) is 15.7. The predicted octanol–water partition coefficient (Wildman–Crippen LogP) is 3.78. The molecule has 0 atom stereocenters. The lowest BCUT2D eigenvalue weighted by atomic mass is 10.1. The molecule has 1 aliphatic rings. The van der Waals surface area contributed by atoms with Crippen molar-refractivity contribution in [2.75, 3.05) is 0 Å². The van der Waals surface area contributed by atoms with E-state index >= 15 is 0 Å². The molecule has 3 rings (SSSR count). The van der Waals surface area contributed by atoms with Crippen LogP contribution in [0, 0.1) is 13.8 Å². The number of nitrogens with zero attached hydrogens (tertiary/aromatic N) is 2. The van der Waals surface area contributed by atoms with Crippen molar-refractivity contribution in [1.29, 1.82) is 0 Å². The molecule has 1 fully saturated rings. The third-order valence-electron chi connectivity index (χ3n) is 3.05. The molecule has 1 saturated carbocycles. The fraction of sp³-hybridized carbons (Fsp3) is 0.385. The molecule has 0 saturated heterocycles. The molecule has 1 heterocycles. The van der Waals surface area contributed by atoms with Crippen molar-refractivity contribution < 1.29 is 0 Å². The Labute approximate surface area is 99.7 Å². The Morgan fingerprint density at radius 2 is 1.94 bits per heavy atom. The fourth-order valence-corrected chi connectivity index (χ4v) is 2.32. The number of aromatic nitrogens is 2. The van der Waals surface area contributed by atoms with Gasteiger partial charge in [0.15, 0.2) is 0 Å². The minimum atomic E-state index is 0.544. The van der Waals surface area contributed by atoms with Gasteiger partial charge in [-0.15, -0.1) is 0 Å². The summed E-state index contributed by atoms with van der Waals surface area (Å²) in [5.74, 6) is 1.46. The van der Waals surface area contributed by atoms with E-state index in [1.54, 1.807) is 0 Å². The number of aryl methyl sites for hydroxylation is 2. The van der Waals surface area contributed by atoms with Crippen LogP contribution < -0.4 is 0 Å². The molecule has 82 valence electrons. The summed E-state index contributed by atoms with van der Waals surface area (Å²) in [7, 11) is 0. The SMILES string of the molecule is Cc1cc(C)c2nc(C3CC3)nc(Cl)c2c1. The van der Waals surface area contributed by atoms with Gasteiger partial charge in [-0.2, -0.15) is 0 Å². The molecule has 1 aromatic carbocycles. The van der Waals surface area contributed by atoms with Crippen molar-refractivity contribution in [2.45, 2.75) is 32.6 Å². The molecular formula is C13H13ClN2. The minimum Gasteiger partial charge on any atom is -0.232 e. The number of rotatable bonds is 1. The molecule has 0 radical (unpaired) electrons. The van der Waals surface area contributed by atoms with Crippen LogP contribution in [0.25, 0.3) is 10.9 Å². The number of benzene rings is 1. The summed E-state index contributed by atoms with van der Waals surface area (Å²) in [4.78, 5) is 9.04. The van der Waals surface area contributed by atoms with Gasteiger partial charge in [-0.1, -0.05) is 23.2 Å². The Morgan fingerprint density at radius 1 is 1.19 bits per heavy atom. The third-order valence-corrected chi connectivity index (χ3v) is 3.34. The molecule has 1 aromatic heterocycles. The average Bonchev–Trinajstić information content (AvgIpc) is 3.02. The molecule has 0 amide bonds. The Kier molecular flexibility index (Phi) is 2.15. The summed E-state index contributed by atoms with van der Waals surface area (Å²) >= 11 is 6.23. The highest BCUT2D eigenvalue weighted by Crippen LogP contribution is 2.39. The van der Waals surface area contributed by atoms with Crippen molar-refractivity contribution >= 4 is 22.5 Å². The van der Waals surface area contributed by atoms with Crippen LogP contribution in [0.1, 0.15) is 35.7 Å². The van der Waals surface area contributed by atoms with Crippen LogP contribution in [0.5, 0.6) is 0 Å². The largest absolute Gasteiger partial charge is 0.232 e. The minimum absolute atomic E-state index is 0.544. The quantitative estimate of drug-likeness (QED) is 0.700. The smallest absolute Gasteiger partial charge is 0.140 e. The van der Waals surface area contributed by atoms with Gasteiger partial charge in [-0.25, -0.2) is 9.97 Å². The molecule has 0 unspecified atom stereocenters. The van der Waals surface area contributed by atoms with Crippen LogP contribution in [0.3, 0.4) is 0 Å². The van der Waals surface area contributed by atoms with E-state index in [1.165, 1.54) is 24.0 Å². The Balaban J connectivity index is 2.32. The van der Waals surface area contributed by atoms with E-state index in [-0.39, 0.29) is 0 Å². The molecular weight excluding hydrogens is 220 g/mol. The van der Waals surface area contributed by atoms with E-state index in [9.17, 15) is 0 Å². The van der Waals surface area contributed by atoms with Crippen LogP contribution in [0.2, 0.25) is 5.15 Å². The van der Waals surface area contributed by atoms with Crippen LogP contribution in [-0.4, -0.2) is 9.97 Å². The lowest BCUT2D eigenvalue weighted by molar-refractivity contribution is 0.946. The van der Waals surface area contributed by atoms with Crippen molar-refractivity contribution in [1.82, 2.24) is 9.97 Å². The highest BCUT2D eigenvalue weighted by molar-refractivity contribution is 6.34. The van der Waals surface area contributed by atoms with Gasteiger partial charge in [0.1, 0.15) is 11.0 Å². The first-order chi connectivity index (χ1) is 7.65. The number of hydrogen-bond donors (Lipinski definition) is 0. The predicted molar refractivity (Wildman–Crippen MR) is 66.0 cm³/mol. The molecule has 3 heteroatoms. The second kappa shape index (κ2) is 3.42. The lowest BCUT2D eigenvalue weighted by Crippen LogP contribution is -1.96. The second-order valence-corrected chi connectivity index (χ2v) is 4.98. The van der Waals surface area contributed by atoms with Crippen LogP contribution >= 0.6 is 11.6 Å². The monoisotopic (exact) mass is 232 g/mol. The zero-order valence-electron chi connectivity index (χ0n) is 9.42. The van der Waals surface area contributed by atoms with Gasteiger partial charge in [0.25, 0.3) is 0 Å². The molecule has 0 N–H and O–H groups in total. The maximum Gasteiger partial charge on any atom is 0.140 e. The van der Waals surface area contributed by atoms with Crippen LogP contribution in [0.15, 0.2) is 12.1 Å². The van der Waals surface area contributed by atoms with E-state index in [2.05, 4.69) is 35.9 Å². The van der Waals surface area contributed by atoms with Gasteiger partial charge in [-0.05, 0) is 38.3 Å². The zero-order chi connectivity index (χ0) is 11.3. The molecule has 2 aromatic rings. The average molecular weight is 233 g/mol. The van der Waals surface area contributed by atoms with Crippen molar-refractivity contribution in [3.63, 3.8) is 0 Å². The van der Waals surface area contributed by atoms with E-state index in [0.717, 1.165) is 16.7 Å². The Hall–Kier alpha value is -1.15. The summed E-state index contributed by atoms with van der Waals surface area (Å²) in [6, 6.07) is 4.20. The first-order valence-corrected chi connectivity index (χ1v) is 5.97. The van der Waals surface area contributed by atoms with E-state index in [0.29, 0.717) is 11.1 Å². The summed E-state index contributed by atoms with van der Waals surface area (Å²) < 4.78 is 0. The van der Waals surface area contributed by atoms with Crippen LogP contribution in [0.4, 0.5) is 0 Å². The standard InChI is InChI=1S/C13H13ClN2/c1-7-5-8(2)11-10(6-7)12(14)16-13(15-11)9-3-4-9/h5-6,9H,3-4H2,1-2H3. The fourth-order valence-electron chi connectivity index (χ4n) is 2.09. The number of fused-ring (bicyclic) bond motifs is 1. The zero-order valence-corrected chi connectivity index (χ0v) is 10.2. The summed E-state index contributed by atoms with van der Waals surface area (Å²) in [5, 5.41) is 1.57. The molecule has 0 aliphatic heterocycles. The topological polar surface area (TPSA) is 25.8 Å². The lowest BCUT2D eigenvalue weighted by Gasteiger charge is -2.07. The summed E-state index contributed by atoms with van der Waals surface area (Å²) in [5.41, 5.74) is 3.39. The highest BCUT2D eigenvalue weighted by Gasteiger charge is 2.27. The maximum atomic E-state index is 6.23.